The summed E-state index contributed by atoms with van der Waals surface area (Å²) in [6.07, 6.45) is 0. The van der Waals surface area contributed by atoms with Crippen molar-refractivity contribution in [3.8, 4) is 11.5 Å². The van der Waals surface area contributed by atoms with Crippen LogP contribution in [0, 0.1) is 0 Å². The van der Waals surface area contributed by atoms with E-state index in [4.69, 9.17) is 19.9 Å². The lowest BCUT2D eigenvalue weighted by molar-refractivity contribution is -0.175. The fourth-order valence-corrected chi connectivity index (χ4v) is 5.58. The highest BCUT2D eigenvalue weighted by Gasteiger charge is 2.64. The number of nitrogens with zero attached hydrogens (tertiary/aromatic N) is 1. The maximum atomic E-state index is 12.8. The molecule has 2 fully saturated rings. The monoisotopic (exact) mass is 465 g/mol. The molecule has 32 heavy (non-hydrogen) atoms. The van der Waals surface area contributed by atoms with Gasteiger partial charge in [0, 0.05) is 17.2 Å². The minimum Gasteiger partial charge on any atom is -0.454 e. The van der Waals surface area contributed by atoms with Crippen LogP contribution in [0.5, 0.6) is 11.5 Å². The number of para-hydroxylation sites is 1. The first-order valence-corrected chi connectivity index (χ1v) is 10.7. The molecule has 4 atom stereocenters. The minimum atomic E-state index is -1.07. The fraction of sp³-hybridized carbons (Fsp3) is 0.500. The third-order valence-corrected chi connectivity index (χ3v) is 7.04. The Morgan fingerprint density at radius 3 is 2.78 bits per heavy atom. The first kappa shape index (κ1) is 22.2. The molecule has 12 heteroatoms. The highest BCUT2D eigenvalue weighted by Crippen LogP contribution is 2.51. The summed E-state index contributed by atoms with van der Waals surface area (Å²) in [6.45, 7) is 4.31. The quantitative estimate of drug-likeness (QED) is 0.335. The molecule has 0 radical (unpaired) electrons. The fourth-order valence-electron chi connectivity index (χ4n) is 3.96. The molecule has 11 nitrogen and oxygen atoms in total. The largest absolute Gasteiger partial charge is 0.454 e. The minimum absolute atomic E-state index is 0.0412. The van der Waals surface area contributed by atoms with Gasteiger partial charge in [-0.2, -0.15) is 0 Å². The number of carbonyl (C=O) groups is 4. The molecule has 0 bridgehead atoms. The molecular formula is C20H23N3O8S. The number of nitrogens with one attached hydrogen (secondary N) is 1. The number of thioether (sulfide) groups is 1. The molecule has 3 N–H and O–H groups in total. The average molecular weight is 465 g/mol. The van der Waals surface area contributed by atoms with Crippen molar-refractivity contribution in [3.63, 3.8) is 0 Å². The molecule has 3 aliphatic rings. The highest BCUT2D eigenvalue weighted by atomic mass is 32.2. The van der Waals surface area contributed by atoms with Crippen LogP contribution in [0.25, 0.3) is 0 Å². The predicted molar refractivity (Wildman–Crippen MR) is 110 cm³/mol. The van der Waals surface area contributed by atoms with Crippen molar-refractivity contribution in [2.45, 2.75) is 49.0 Å². The van der Waals surface area contributed by atoms with Gasteiger partial charge in [-0.1, -0.05) is 12.1 Å². The van der Waals surface area contributed by atoms with Crippen LogP contribution in [0.4, 0.5) is 0 Å². The smallest absolute Gasteiger partial charge is 0.333 e. The van der Waals surface area contributed by atoms with Gasteiger partial charge >= 0.3 is 11.9 Å². The summed E-state index contributed by atoms with van der Waals surface area (Å²) in [4.78, 5) is 50.4. The van der Waals surface area contributed by atoms with Crippen LogP contribution in [-0.4, -0.2) is 64.4 Å². The zero-order valence-corrected chi connectivity index (χ0v) is 18.5. The van der Waals surface area contributed by atoms with Gasteiger partial charge in [0.1, 0.15) is 23.5 Å². The van der Waals surface area contributed by atoms with E-state index in [0.29, 0.717) is 17.1 Å². The second-order valence-electron chi connectivity index (χ2n) is 8.02. The van der Waals surface area contributed by atoms with Crippen LogP contribution < -0.4 is 20.5 Å². The summed E-state index contributed by atoms with van der Waals surface area (Å²) in [5.74, 6) is -1.33. The van der Waals surface area contributed by atoms with E-state index in [0.717, 1.165) is 0 Å². The molecule has 2 saturated heterocycles. The van der Waals surface area contributed by atoms with Crippen LogP contribution in [-0.2, 0) is 28.7 Å². The van der Waals surface area contributed by atoms with Gasteiger partial charge in [0.25, 0.3) is 0 Å². The van der Waals surface area contributed by atoms with E-state index in [-0.39, 0.29) is 6.79 Å². The Kier molecular flexibility index (Phi) is 5.67. The first-order valence-electron chi connectivity index (χ1n) is 9.86. The molecule has 3 heterocycles. The van der Waals surface area contributed by atoms with Gasteiger partial charge in [0.15, 0.2) is 11.5 Å². The standard InChI is InChI=1S/C20H23N3O8S/c1-9(24)28-7-31-19(27)15-20(2,3)32-18-13(17(26)23(15)18)22-16(25)12(21)10-5-4-6-11-14(10)30-8-29-11/h4-6,12-13,15,18H,7-8,21H2,1-3H3,(H,22,25)/t12?,13?,15-,18+/m0/s1. The average Bonchev–Trinajstić information content (AvgIpc) is 3.31. The lowest BCUT2D eigenvalue weighted by atomic mass is 9.95. The summed E-state index contributed by atoms with van der Waals surface area (Å²) >= 11 is 1.37. The zero-order chi connectivity index (χ0) is 23.2. The number of fused-ring (bicyclic) bond motifs is 2. The Balaban J connectivity index is 1.42. The van der Waals surface area contributed by atoms with Gasteiger partial charge in [0.05, 0.1) is 0 Å². The van der Waals surface area contributed by atoms with Crippen LogP contribution >= 0.6 is 11.8 Å². The maximum Gasteiger partial charge on any atom is 0.333 e. The van der Waals surface area contributed by atoms with Crippen LogP contribution in [0.1, 0.15) is 32.4 Å². The van der Waals surface area contributed by atoms with Crippen LogP contribution in [0.2, 0.25) is 0 Å². The van der Waals surface area contributed by atoms with Crippen molar-refractivity contribution in [2.24, 2.45) is 5.73 Å². The number of esters is 2. The topological polar surface area (TPSA) is 146 Å². The molecule has 2 amide bonds. The zero-order valence-electron chi connectivity index (χ0n) is 17.7. The maximum absolute atomic E-state index is 12.8. The van der Waals surface area contributed by atoms with Crippen LogP contribution in [0.3, 0.4) is 0 Å². The lowest BCUT2D eigenvalue weighted by Gasteiger charge is -2.44. The number of hydrogen-bond acceptors (Lipinski definition) is 10. The lowest BCUT2D eigenvalue weighted by Crippen LogP contribution is -2.71. The Labute approximate surface area is 187 Å². The molecule has 0 aromatic heterocycles. The van der Waals surface area contributed by atoms with Gasteiger partial charge in [-0.3, -0.25) is 14.4 Å². The first-order chi connectivity index (χ1) is 15.1. The molecule has 3 aliphatic heterocycles. The number of hydrogen-bond donors (Lipinski definition) is 2. The number of amides is 2. The van der Waals surface area contributed by atoms with E-state index in [1.54, 1.807) is 32.0 Å². The number of benzene rings is 1. The number of carbonyl (C=O) groups excluding carboxylic acids is 4. The van der Waals surface area contributed by atoms with Crippen LogP contribution in [0.15, 0.2) is 18.2 Å². The summed E-state index contributed by atoms with van der Waals surface area (Å²) in [5, 5.41) is 2.23. The molecule has 4 rings (SSSR count). The van der Waals surface area contributed by atoms with E-state index in [1.165, 1.54) is 23.6 Å². The van der Waals surface area contributed by atoms with E-state index in [2.05, 4.69) is 10.1 Å². The Hall–Kier alpha value is -2.99. The van der Waals surface area contributed by atoms with E-state index >= 15 is 0 Å². The third kappa shape index (κ3) is 3.73. The predicted octanol–water partition coefficient (Wildman–Crippen LogP) is 0.0260. The van der Waals surface area contributed by atoms with Crippen molar-refractivity contribution in [3.05, 3.63) is 23.8 Å². The summed E-state index contributed by atoms with van der Waals surface area (Å²) in [6, 6.07) is 2.28. The Bertz CT molecular complexity index is 984. The Morgan fingerprint density at radius 2 is 2.06 bits per heavy atom. The number of nitrogens with two attached hydrogens (primary N) is 1. The summed E-state index contributed by atoms with van der Waals surface area (Å²) in [5.41, 5.74) is 6.59. The van der Waals surface area contributed by atoms with E-state index < -0.39 is 58.8 Å². The summed E-state index contributed by atoms with van der Waals surface area (Å²) in [7, 11) is 0. The van der Waals surface area contributed by atoms with Crippen molar-refractivity contribution in [1.29, 1.82) is 0 Å². The molecule has 0 aliphatic carbocycles. The number of rotatable bonds is 6. The molecule has 0 saturated carbocycles. The van der Waals surface area contributed by atoms with Gasteiger partial charge in [-0.05, 0) is 19.9 Å². The van der Waals surface area contributed by atoms with Gasteiger partial charge in [-0.25, -0.2) is 4.79 Å². The normalized spacial score (nSPS) is 25.4. The van der Waals surface area contributed by atoms with Crippen molar-refractivity contribution in [2.75, 3.05) is 13.6 Å². The molecule has 1 aromatic rings. The SMILES string of the molecule is CC(=O)OCOC(=O)[C@@H]1N2C(=O)C(NC(=O)C(N)c3cccc4c3OCO4)[C@H]2SC1(C)C. The highest BCUT2D eigenvalue weighted by molar-refractivity contribution is 8.01. The second kappa shape index (κ2) is 8.17. The van der Waals surface area contributed by atoms with Crippen molar-refractivity contribution < 1.29 is 38.1 Å². The molecular weight excluding hydrogens is 442 g/mol. The Morgan fingerprint density at radius 1 is 1.31 bits per heavy atom. The molecule has 0 spiro atoms. The van der Waals surface area contributed by atoms with Gasteiger partial charge in [-0.15, -0.1) is 11.8 Å². The number of β-lactam (4-membered cyclic amide) rings is 1. The van der Waals surface area contributed by atoms with E-state index in [9.17, 15) is 19.2 Å². The second-order valence-corrected chi connectivity index (χ2v) is 9.79. The van der Waals surface area contributed by atoms with Gasteiger partial charge in [0.2, 0.25) is 25.4 Å². The summed E-state index contributed by atoms with van der Waals surface area (Å²) < 4.78 is 19.7. The van der Waals surface area contributed by atoms with Gasteiger partial charge < -0.3 is 34.9 Å². The van der Waals surface area contributed by atoms with E-state index in [1.807, 2.05) is 0 Å². The molecule has 2 unspecified atom stereocenters. The number of ether oxygens (including phenoxy) is 4. The molecule has 172 valence electrons. The molecule has 1 aromatic carbocycles. The third-order valence-electron chi connectivity index (χ3n) is 5.47. The van der Waals surface area contributed by atoms with Crippen molar-refractivity contribution >= 4 is 35.5 Å². The van der Waals surface area contributed by atoms with Crippen molar-refractivity contribution in [1.82, 2.24) is 10.2 Å².